The summed E-state index contributed by atoms with van der Waals surface area (Å²) >= 11 is 0. The summed E-state index contributed by atoms with van der Waals surface area (Å²) < 4.78 is 27.5. The van der Waals surface area contributed by atoms with Crippen LogP contribution in [-0.2, 0) is 10.0 Å². The molecule has 1 heterocycles. The summed E-state index contributed by atoms with van der Waals surface area (Å²) in [6.45, 7) is 3.52. The minimum absolute atomic E-state index is 0.163. The predicted octanol–water partition coefficient (Wildman–Crippen LogP) is 1.99. The van der Waals surface area contributed by atoms with E-state index < -0.39 is 21.8 Å². The fraction of sp³-hybridized carbons (Fsp3) is 0.125. The van der Waals surface area contributed by atoms with Gasteiger partial charge in [-0.25, -0.2) is 8.42 Å². The molecule has 7 heteroatoms. The lowest BCUT2D eigenvalue weighted by Crippen LogP contribution is -2.19. The molecule has 2 N–H and O–H groups in total. The molecule has 1 aliphatic rings. The molecule has 1 aliphatic heterocycles. The highest BCUT2D eigenvalue weighted by molar-refractivity contribution is 7.92. The van der Waals surface area contributed by atoms with E-state index in [1.165, 1.54) is 18.2 Å². The highest BCUT2D eigenvalue weighted by atomic mass is 32.2. The van der Waals surface area contributed by atoms with Gasteiger partial charge in [-0.15, -0.1) is 0 Å². The van der Waals surface area contributed by atoms with Crippen molar-refractivity contribution in [2.45, 2.75) is 18.7 Å². The lowest BCUT2D eigenvalue weighted by Gasteiger charge is -2.11. The molecule has 0 unspecified atom stereocenters. The van der Waals surface area contributed by atoms with Crippen LogP contribution >= 0.6 is 0 Å². The average Bonchev–Trinajstić information content (AvgIpc) is 2.76. The fourth-order valence-corrected chi connectivity index (χ4v) is 3.82. The van der Waals surface area contributed by atoms with Crippen LogP contribution in [0.15, 0.2) is 41.3 Å². The van der Waals surface area contributed by atoms with Crippen molar-refractivity contribution in [3.8, 4) is 0 Å². The van der Waals surface area contributed by atoms with E-state index in [0.717, 1.165) is 5.56 Å². The van der Waals surface area contributed by atoms with Crippen molar-refractivity contribution in [3.63, 3.8) is 0 Å². The Balaban J connectivity index is 1.99. The molecule has 6 nitrogen and oxygen atoms in total. The number of benzene rings is 2. The van der Waals surface area contributed by atoms with Crippen molar-refractivity contribution in [1.29, 1.82) is 0 Å². The third-order valence-electron chi connectivity index (χ3n) is 3.62. The molecule has 2 aromatic carbocycles. The molecule has 0 bridgehead atoms. The number of hydrogen-bond acceptors (Lipinski definition) is 4. The summed E-state index contributed by atoms with van der Waals surface area (Å²) in [5.41, 5.74) is 2.09. The molecule has 3 rings (SSSR count). The number of imide groups is 1. The van der Waals surface area contributed by atoms with Crippen LogP contribution in [0.25, 0.3) is 0 Å². The van der Waals surface area contributed by atoms with Crippen molar-refractivity contribution in [2.75, 3.05) is 4.72 Å². The summed E-state index contributed by atoms with van der Waals surface area (Å²) in [7, 11) is -3.78. The maximum absolute atomic E-state index is 12.5. The summed E-state index contributed by atoms with van der Waals surface area (Å²) in [4.78, 5) is 23.3. The Morgan fingerprint density at radius 2 is 1.61 bits per heavy atom. The zero-order chi connectivity index (χ0) is 16.8. The standard InChI is InChI=1S/C16H14N2O4S/c1-9-3-4-10(2)14(7-9)23(21,22)18-11-5-6-12-13(8-11)16(20)17-15(12)19/h3-8,18H,1-2H3,(H,17,19,20). The Morgan fingerprint density at radius 3 is 2.35 bits per heavy atom. The summed E-state index contributed by atoms with van der Waals surface area (Å²) in [6.07, 6.45) is 0. The summed E-state index contributed by atoms with van der Waals surface area (Å²) in [5.74, 6) is -1.01. The number of hydrogen-bond donors (Lipinski definition) is 2. The van der Waals surface area contributed by atoms with Crippen LogP contribution in [0.2, 0.25) is 0 Å². The topological polar surface area (TPSA) is 92.3 Å². The van der Waals surface area contributed by atoms with Crippen molar-refractivity contribution < 1.29 is 18.0 Å². The molecular weight excluding hydrogens is 316 g/mol. The SMILES string of the molecule is Cc1ccc(C)c(S(=O)(=O)Nc2ccc3c(c2)C(=O)NC3=O)c1. The van der Waals surface area contributed by atoms with E-state index in [9.17, 15) is 18.0 Å². The average molecular weight is 330 g/mol. The molecule has 2 amide bonds. The number of sulfonamides is 1. The first-order valence-electron chi connectivity index (χ1n) is 6.88. The lowest BCUT2D eigenvalue weighted by atomic mass is 10.1. The van der Waals surface area contributed by atoms with Gasteiger partial charge in [0.25, 0.3) is 21.8 Å². The minimum Gasteiger partial charge on any atom is -0.288 e. The van der Waals surface area contributed by atoms with Gasteiger partial charge in [-0.05, 0) is 49.2 Å². The van der Waals surface area contributed by atoms with Crippen LogP contribution in [0, 0.1) is 13.8 Å². The zero-order valence-corrected chi connectivity index (χ0v) is 13.3. The van der Waals surface area contributed by atoms with Gasteiger partial charge in [-0.1, -0.05) is 12.1 Å². The third-order valence-corrected chi connectivity index (χ3v) is 5.14. The van der Waals surface area contributed by atoms with Crippen LogP contribution in [-0.4, -0.2) is 20.2 Å². The second-order valence-corrected chi connectivity index (χ2v) is 7.07. The second-order valence-electron chi connectivity index (χ2n) is 5.42. The molecule has 118 valence electrons. The number of carbonyl (C=O) groups is 2. The number of fused-ring (bicyclic) bond motifs is 1. The first kappa shape index (κ1) is 15.2. The number of amides is 2. The van der Waals surface area contributed by atoms with Gasteiger partial charge in [0.2, 0.25) is 0 Å². The van der Waals surface area contributed by atoms with Crippen molar-refractivity contribution in [1.82, 2.24) is 5.32 Å². The quantitative estimate of drug-likeness (QED) is 0.842. The van der Waals surface area contributed by atoms with Gasteiger partial charge in [0.05, 0.1) is 16.0 Å². The largest absolute Gasteiger partial charge is 0.288 e. The van der Waals surface area contributed by atoms with E-state index in [4.69, 9.17) is 0 Å². The van der Waals surface area contributed by atoms with Gasteiger partial charge in [-0.2, -0.15) is 0 Å². The Bertz CT molecular complexity index is 949. The highest BCUT2D eigenvalue weighted by Crippen LogP contribution is 2.24. The van der Waals surface area contributed by atoms with Crippen LogP contribution in [0.5, 0.6) is 0 Å². The number of nitrogens with one attached hydrogen (secondary N) is 2. The zero-order valence-electron chi connectivity index (χ0n) is 12.5. The lowest BCUT2D eigenvalue weighted by molar-refractivity contribution is 0.0879. The molecule has 0 saturated heterocycles. The van der Waals surface area contributed by atoms with Gasteiger partial charge < -0.3 is 0 Å². The van der Waals surface area contributed by atoms with Gasteiger partial charge in [0, 0.05) is 5.69 Å². The minimum atomic E-state index is -3.78. The normalized spacial score (nSPS) is 13.7. The first-order valence-corrected chi connectivity index (χ1v) is 8.36. The summed E-state index contributed by atoms with van der Waals surface area (Å²) in [5, 5.41) is 2.17. The van der Waals surface area contributed by atoms with Crippen LogP contribution in [0.3, 0.4) is 0 Å². The molecule has 0 aromatic heterocycles. The number of rotatable bonds is 3. The smallest absolute Gasteiger partial charge is 0.262 e. The first-order chi connectivity index (χ1) is 10.8. The Kier molecular flexibility index (Phi) is 3.45. The molecule has 0 radical (unpaired) electrons. The molecule has 0 fully saturated rings. The van der Waals surface area contributed by atoms with E-state index in [1.807, 2.05) is 13.0 Å². The van der Waals surface area contributed by atoms with Crippen molar-refractivity contribution in [3.05, 3.63) is 58.7 Å². The van der Waals surface area contributed by atoms with Gasteiger partial charge in [-0.3, -0.25) is 19.6 Å². The number of aryl methyl sites for hydroxylation is 2. The summed E-state index contributed by atoms with van der Waals surface area (Å²) in [6, 6.07) is 9.40. The maximum atomic E-state index is 12.5. The second kappa shape index (κ2) is 5.20. The van der Waals surface area contributed by atoms with E-state index in [1.54, 1.807) is 19.1 Å². The van der Waals surface area contributed by atoms with E-state index >= 15 is 0 Å². The van der Waals surface area contributed by atoms with Crippen LogP contribution in [0.4, 0.5) is 5.69 Å². The molecule has 0 atom stereocenters. The third kappa shape index (κ3) is 2.70. The number of anilines is 1. The Hall–Kier alpha value is -2.67. The maximum Gasteiger partial charge on any atom is 0.262 e. The van der Waals surface area contributed by atoms with Crippen LogP contribution in [0.1, 0.15) is 31.8 Å². The Morgan fingerprint density at radius 1 is 0.913 bits per heavy atom. The Labute approximate surface area is 133 Å². The van der Waals surface area contributed by atoms with Crippen LogP contribution < -0.4 is 10.0 Å². The molecule has 23 heavy (non-hydrogen) atoms. The van der Waals surface area contributed by atoms with Gasteiger partial charge in [0.1, 0.15) is 0 Å². The van der Waals surface area contributed by atoms with E-state index in [-0.39, 0.29) is 21.7 Å². The highest BCUT2D eigenvalue weighted by Gasteiger charge is 2.27. The van der Waals surface area contributed by atoms with Crippen molar-refractivity contribution in [2.24, 2.45) is 0 Å². The van der Waals surface area contributed by atoms with E-state index in [0.29, 0.717) is 5.56 Å². The fourth-order valence-electron chi connectivity index (χ4n) is 2.44. The van der Waals surface area contributed by atoms with E-state index in [2.05, 4.69) is 10.0 Å². The molecule has 2 aromatic rings. The molecule has 0 spiro atoms. The van der Waals surface area contributed by atoms with Gasteiger partial charge in [0.15, 0.2) is 0 Å². The predicted molar refractivity (Wildman–Crippen MR) is 85.0 cm³/mol. The molecule has 0 aliphatic carbocycles. The molecule has 0 saturated carbocycles. The number of carbonyl (C=O) groups excluding carboxylic acids is 2. The van der Waals surface area contributed by atoms with Gasteiger partial charge >= 0.3 is 0 Å². The monoisotopic (exact) mass is 330 g/mol. The molecular formula is C16H14N2O4S. The van der Waals surface area contributed by atoms with Crippen molar-refractivity contribution >= 4 is 27.5 Å².